The van der Waals surface area contributed by atoms with Gasteiger partial charge in [-0.15, -0.1) is 6.42 Å². The molecule has 1 unspecified atom stereocenters. The number of halogens is 8. The van der Waals surface area contributed by atoms with E-state index in [2.05, 4.69) is 11.2 Å². The third-order valence-corrected chi connectivity index (χ3v) is 6.66. The summed E-state index contributed by atoms with van der Waals surface area (Å²) in [5.74, 6) is -1.17. The van der Waals surface area contributed by atoms with E-state index in [4.69, 9.17) is 40.8 Å². The largest absolute Gasteiger partial charge is 0.416 e. The van der Waals surface area contributed by atoms with Crippen LogP contribution in [0.5, 0.6) is 0 Å². The van der Waals surface area contributed by atoms with Gasteiger partial charge in [-0.3, -0.25) is 15.0 Å². The number of carbonyl (C=O) groups excluding carboxylic acids is 2. The molecule has 2 amide bonds. The highest BCUT2D eigenvalue weighted by molar-refractivity contribution is 6.42. The molecule has 0 saturated carbocycles. The number of amidine groups is 1. The molecule has 14 heteroatoms. The van der Waals surface area contributed by atoms with Crippen molar-refractivity contribution in [2.24, 2.45) is 5.73 Å². The SMILES string of the molecule is C#Cc1ccc(NC(=O)C(CCN)c2ccc(Cl)c(Cl)c2)cc1C(=N)NC(=O)c1cc(C(F)(F)F)cc(C(F)(F)F)c1. The highest BCUT2D eigenvalue weighted by Gasteiger charge is 2.37. The minimum absolute atomic E-state index is 0.0429. The van der Waals surface area contributed by atoms with E-state index in [0.29, 0.717) is 5.56 Å². The Kier molecular flexibility index (Phi) is 9.94. The molecule has 3 aromatic carbocycles. The first-order valence-electron chi connectivity index (χ1n) is 11.8. The number of rotatable bonds is 7. The monoisotopic (exact) mass is 628 g/mol. The molecule has 0 heterocycles. The van der Waals surface area contributed by atoms with Gasteiger partial charge in [-0.2, -0.15) is 26.3 Å². The summed E-state index contributed by atoms with van der Waals surface area (Å²) in [6, 6.07) is 8.93. The number of anilines is 1. The molecule has 6 nitrogen and oxygen atoms in total. The van der Waals surface area contributed by atoms with Crippen LogP contribution in [0.1, 0.15) is 50.5 Å². The molecule has 220 valence electrons. The molecule has 3 aromatic rings. The third kappa shape index (κ3) is 7.82. The number of nitrogens with two attached hydrogens (primary N) is 1. The number of carbonyl (C=O) groups is 2. The summed E-state index contributed by atoms with van der Waals surface area (Å²) >= 11 is 12.0. The molecule has 42 heavy (non-hydrogen) atoms. The van der Waals surface area contributed by atoms with Crippen LogP contribution >= 0.6 is 23.2 Å². The molecule has 0 aromatic heterocycles. The number of alkyl halides is 6. The Labute approximate surface area is 245 Å². The molecule has 5 N–H and O–H groups in total. The van der Waals surface area contributed by atoms with E-state index < -0.39 is 52.6 Å². The van der Waals surface area contributed by atoms with Crippen LogP contribution < -0.4 is 16.4 Å². The lowest BCUT2D eigenvalue weighted by Crippen LogP contribution is -2.32. The van der Waals surface area contributed by atoms with Gasteiger partial charge in [-0.05, 0) is 67.1 Å². The topological polar surface area (TPSA) is 108 Å². The van der Waals surface area contributed by atoms with Gasteiger partial charge in [0, 0.05) is 22.4 Å². The molecule has 1 atom stereocenters. The summed E-state index contributed by atoms with van der Waals surface area (Å²) in [6.45, 7) is 0.141. The van der Waals surface area contributed by atoms with E-state index in [1.807, 2.05) is 5.32 Å². The Morgan fingerprint density at radius 3 is 2.07 bits per heavy atom. The molecule has 0 radical (unpaired) electrons. The van der Waals surface area contributed by atoms with Gasteiger partial charge >= 0.3 is 12.4 Å². The minimum atomic E-state index is -5.17. The van der Waals surface area contributed by atoms with Crippen LogP contribution in [-0.4, -0.2) is 24.2 Å². The van der Waals surface area contributed by atoms with Crippen LogP contribution in [-0.2, 0) is 17.1 Å². The van der Waals surface area contributed by atoms with Crippen molar-refractivity contribution >= 4 is 46.5 Å². The highest BCUT2D eigenvalue weighted by atomic mass is 35.5. The fraction of sp³-hybridized carbons (Fsp3) is 0.179. The van der Waals surface area contributed by atoms with E-state index in [1.165, 1.54) is 30.3 Å². The molecule has 0 bridgehead atoms. The second-order valence-electron chi connectivity index (χ2n) is 8.82. The summed E-state index contributed by atoms with van der Waals surface area (Å²) in [5.41, 5.74) is 1.83. The van der Waals surface area contributed by atoms with Gasteiger partial charge in [-0.25, -0.2) is 0 Å². The zero-order valence-electron chi connectivity index (χ0n) is 21.2. The number of hydrogen-bond acceptors (Lipinski definition) is 4. The highest BCUT2D eigenvalue weighted by Crippen LogP contribution is 2.36. The Morgan fingerprint density at radius 2 is 1.55 bits per heavy atom. The van der Waals surface area contributed by atoms with Crippen molar-refractivity contribution in [3.8, 4) is 12.3 Å². The molecule has 0 spiro atoms. The van der Waals surface area contributed by atoms with Crippen LogP contribution in [0.25, 0.3) is 0 Å². The average Bonchev–Trinajstić information content (AvgIpc) is 2.91. The normalized spacial score (nSPS) is 12.3. The lowest BCUT2D eigenvalue weighted by Gasteiger charge is -2.18. The maximum Gasteiger partial charge on any atom is 0.416 e. The van der Waals surface area contributed by atoms with Crippen LogP contribution in [0, 0.1) is 17.8 Å². The van der Waals surface area contributed by atoms with Crippen molar-refractivity contribution in [2.75, 3.05) is 11.9 Å². The van der Waals surface area contributed by atoms with Gasteiger partial charge in [-0.1, -0.05) is 35.2 Å². The quantitative estimate of drug-likeness (QED) is 0.0996. The molecular formula is C28H20Cl2F6N4O2. The maximum atomic E-state index is 13.2. The first-order chi connectivity index (χ1) is 19.5. The molecule has 0 aliphatic heterocycles. The lowest BCUT2D eigenvalue weighted by molar-refractivity contribution is -0.143. The van der Waals surface area contributed by atoms with Gasteiger partial charge < -0.3 is 16.4 Å². The fourth-order valence-electron chi connectivity index (χ4n) is 3.87. The third-order valence-electron chi connectivity index (χ3n) is 5.92. The van der Waals surface area contributed by atoms with E-state index in [1.54, 1.807) is 6.07 Å². The van der Waals surface area contributed by atoms with E-state index in [9.17, 15) is 35.9 Å². The molecule has 0 saturated heterocycles. The van der Waals surface area contributed by atoms with Crippen molar-refractivity contribution in [3.05, 3.63) is 98.0 Å². The number of terminal acetylenes is 1. The molecular weight excluding hydrogens is 609 g/mol. The lowest BCUT2D eigenvalue weighted by atomic mass is 9.94. The minimum Gasteiger partial charge on any atom is -0.330 e. The van der Waals surface area contributed by atoms with Crippen molar-refractivity contribution in [1.82, 2.24) is 5.32 Å². The molecule has 3 rings (SSSR count). The average molecular weight is 629 g/mol. The van der Waals surface area contributed by atoms with Gasteiger partial charge in [0.2, 0.25) is 5.91 Å². The van der Waals surface area contributed by atoms with Crippen LogP contribution in [0.15, 0.2) is 54.6 Å². The van der Waals surface area contributed by atoms with E-state index in [-0.39, 0.29) is 58.0 Å². The van der Waals surface area contributed by atoms with Crippen LogP contribution in [0.2, 0.25) is 10.0 Å². The number of hydrogen-bond donors (Lipinski definition) is 4. The molecule has 0 aliphatic carbocycles. The van der Waals surface area contributed by atoms with Gasteiger partial charge in [0.1, 0.15) is 5.84 Å². The Balaban J connectivity index is 1.90. The van der Waals surface area contributed by atoms with Gasteiger partial charge in [0.05, 0.1) is 27.1 Å². The second-order valence-corrected chi connectivity index (χ2v) is 9.64. The standard InChI is InChI=1S/C28H20Cl2F6N4O2/c1-2-14-3-5-19(39-26(42)20(7-8-37)15-4-6-22(29)23(30)11-15)13-21(14)24(38)40-25(41)16-9-17(27(31,32)33)12-18(10-16)28(34,35)36/h1,3-6,9-13,20H,7-8,37H2,(H,39,42)(H2,38,40,41). The summed E-state index contributed by atoms with van der Waals surface area (Å²) in [4.78, 5) is 25.8. The summed E-state index contributed by atoms with van der Waals surface area (Å²) in [7, 11) is 0. The van der Waals surface area contributed by atoms with E-state index >= 15 is 0 Å². The smallest absolute Gasteiger partial charge is 0.330 e. The van der Waals surface area contributed by atoms with Crippen molar-refractivity contribution < 1.29 is 35.9 Å². The first-order valence-corrected chi connectivity index (χ1v) is 12.6. The first kappa shape index (κ1) is 32.5. The zero-order valence-corrected chi connectivity index (χ0v) is 22.7. The summed E-state index contributed by atoms with van der Waals surface area (Å²) in [5, 5.41) is 13.4. The van der Waals surface area contributed by atoms with Gasteiger partial charge in [0.25, 0.3) is 5.91 Å². The van der Waals surface area contributed by atoms with Crippen molar-refractivity contribution in [1.29, 1.82) is 5.41 Å². The van der Waals surface area contributed by atoms with Gasteiger partial charge in [0.15, 0.2) is 0 Å². The Bertz CT molecular complexity index is 1550. The zero-order chi connectivity index (χ0) is 31.4. The molecule has 0 fully saturated rings. The Morgan fingerprint density at radius 1 is 0.929 bits per heavy atom. The summed E-state index contributed by atoms with van der Waals surface area (Å²) in [6.07, 6.45) is -4.65. The maximum absolute atomic E-state index is 13.2. The number of nitrogens with one attached hydrogen (secondary N) is 3. The molecule has 0 aliphatic rings. The van der Waals surface area contributed by atoms with Crippen molar-refractivity contribution in [2.45, 2.75) is 24.7 Å². The fourth-order valence-corrected chi connectivity index (χ4v) is 4.17. The predicted octanol–water partition coefficient (Wildman–Crippen LogP) is 6.84. The van der Waals surface area contributed by atoms with Crippen LogP contribution in [0.4, 0.5) is 32.0 Å². The second kappa shape index (κ2) is 12.9. The number of benzene rings is 3. The predicted molar refractivity (Wildman–Crippen MR) is 147 cm³/mol. The Hall–Kier alpha value is -4.05. The van der Waals surface area contributed by atoms with Crippen LogP contribution in [0.3, 0.4) is 0 Å². The van der Waals surface area contributed by atoms with Crippen molar-refractivity contribution in [3.63, 3.8) is 0 Å². The number of amides is 2. The summed E-state index contributed by atoms with van der Waals surface area (Å²) < 4.78 is 79.2. The van der Waals surface area contributed by atoms with E-state index in [0.717, 1.165) is 0 Å².